The van der Waals surface area contributed by atoms with Crippen LogP contribution in [-0.2, 0) is 4.74 Å². The van der Waals surface area contributed by atoms with Crippen LogP contribution >= 0.6 is 11.3 Å². The molecule has 0 fully saturated rings. The molecule has 2 aromatic heterocycles. The van der Waals surface area contributed by atoms with Gasteiger partial charge in [0.25, 0.3) is 0 Å². The Morgan fingerprint density at radius 2 is 2.00 bits per heavy atom. The van der Waals surface area contributed by atoms with E-state index in [1.807, 2.05) is 45.0 Å². The van der Waals surface area contributed by atoms with Crippen LogP contribution in [0.3, 0.4) is 0 Å². The zero-order valence-electron chi connectivity index (χ0n) is 16.4. The van der Waals surface area contributed by atoms with Crippen LogP contribution in [0, 0.1) is 0 Å². The summed E-state index contributed by atoms with van der Waals surface area (Å²) in [6, 6.07) is 11.6. The van der Waals surface area contributed by atoms with Crippen LogP contribution in [0.2, 0.25) is 0 Å². The topological polar surface area (TPSA) is 64.5 Å². The molecule has 0 aliphatic heterocycles. The van der Waals surface area contributed by atoms with Crippen molar-refractivity contribution in [3.05, 3.63) is 49.1 Å². The number of thiophene rings is 1. The largest absolute Gasteiger partial charge is 0.490 e. The van der Waals surface area contributed by atoms with Crippen LogP contribution in [0.15, 0.2) is 49.1 Å². The van der Waals surface area contributed by atoms with Gasteiger partial charge in [-0.05, 0) is 62.6 Å². The third-order valence-electron chi connectivity index (χ3n) is 3.77. The quantitative estimate of drug-likeness (QED) is 0.547. The second-order valence-corrected chi connectivity index (χ2v) is 8.31. The van der Waals surface area contributed by atoms with Gasteiger partial charge in [0.2, 0.25) is 0 Å². The molecule has 0 aliphatic carbocycles. The molecule has 0 spiro atoms. The minimum absolute atomic E-state index is 0.430. The van der Waals surface area contributed by atoms with Gasteiger partial charge in [0.05, 0.1) is 4.88 Å². The monoisotopic (exact) mass is 397 g/mol. The summed E-state index contributed by atoms with van der Waals surface area (Å²) in [5.74, 6) is 1.24. The number of fused-ring (bicyclic) bond motifs is 1. The van der Waals surface area contributed by atoms with E-state index >= 15 is 0 Å². The van der Waals surface area contributed by atoms with E-state index in [9.17, 15) is 4.79 Å². The molecular formula is C21H23N3O3S. The van der Waals surface area contributed by atoms with Crippen LogP contribution < -0.4 is 9.64 Å². The normalized spacial score (nSPS) is 11.3. The first-order chi connectivity index (χ1) is 13.3. The average Bonchev–Trinajstić information content (AvgIpc) is 3.08. The average molecular weight is 398 g/mol. The number of hydrogen-bond acceptors (Lipinski definition) is 6. The van der Waals surface area contributed by atoms with Crippen molar-refractivity contribution in [3.63, 3.8) is 0 Å². The lowest BCUT2D eigenvalue weighted by atomic mass is 10.2. The first-order valence-corrected chi connectivity index (χ1v) is 9.66. The van der Waals surface area contributed by atoms with Crippen LogP contribution in [0.4, 0.5) is 10.6 Å². The molecule has 1 aromatic carbocycles. The number of carbonyl (C=O) groups excluding carboxylic acids is 1. The van der Waals surface area contributed by atoms with E-state index in [0.717, 1.165) is 26.4 Å². The summed E-state index contributed by atoms with van der Waals surface area (Å²) < 4.78 is 12.0. The van der Waals surface area contributed by atoms with Crippen LogP contribution in [0.25, 0.3) is 20.7 Å². The number of hydrogen-bond donors (Lipinski definition) is 0. The summed E-state index contributed by atoms with van der Waals surface area (Å²) in [6.45, 7) is 9.60. The number of aromatic nitrogens is 2. The second kappa shape index (κ2) is 7.98. The first-order valence-electron chi connectivity index (χ1n) is 8.85. The van der Waals surface area contributed by atoms with Gasteiger partial charge in [-0.3, -0.25) is 4.90 Å². The zero-order valence-corrected chi connectivity index (χ0v) is 17.2. The predicted molar refractivity (Wildman–Crippen MR) is 113 cm³/mol. The summed E-state index contributed by atoms with van der Waals surface area (Å²) >= 11 is 1.61. The second-order valence-electron chi connectivity index (χ2n) is 7.23. The van der Waals surface area contributed by atoms with Gasteiger partial charge >= 0.3 is 6.09 Å². The highest BCUT2D eigenvalue weighted by molar-refractivity contribution is 7.22. The molecule has 0 N–H and O–H groups in total. The SMILES string of the molecule is C=CCOc1ccc2cc(-c3ccc(N(C)C(=O)OC(C)(C)C)nn3)sc2c1. The Balaban J connectivity index is 1.79. The van der Waals surface area contributed by atoms with Gasteiger partial charge < -0.3 is 9.47 Å². The van der Waals surface area contributed by atoms with Crippen LogP contribution in [0.1, 0.15) is 20.8 Å². The van der Waals surface area contributed by atoms with E-state index < -0.39 is 11.7 Å². The molecule has 0 bridgehead atoms. The highest BCUT2D eigenvalue weighted by Gasteiger charge is 2.21. The maximum Gasteiger partial charge on any atom is 0.415 e. The molecule has 3 rings (SSSR count). The Morgan fingerprint density at radius 3 is 2.64 bits per heavy atom. The molecule has 6 nitrogen and oxygen atoms in total. The predicted octanol–water partition coefficient (Wildman–Crippen LogP) is 5.29. The molecule has 0 saturated carbocycles. The summed E-state index contributed by atoms with van der Waals surface area (Å²) in [6.07, 6.45) is 1.25. The number of ether oxygens (including phenoxy) is 2. The maximum atomic E-state index is 12.2. The summed E-state index contributed by atoms with van der Waals surface area (Å²) in [5.41, 5.74) is 0.181. The number of carbonyl (C=O) groups is 1. The van der Waals surface area contributed by atoms with E-state index in [1.165, 1.54) is 4.90 Å². The third-order valence-corrected chi connectivity index (χ3v) is 4.89. The molecule has 0 saturated heterocycles. The van der Waals surface area contributed by atoms with Crippen LogP contribution in [0.5, 0.6) is 5.75 Å². The zero-order chi connectivity index (χ0) is 20.3. The van der Waals surface area contributed by atoms with Gasteiger partial charge in [-0.2, -0.15) is 0 Å². The molecule has 1 amide bonds. The van der Waals surface area contributed by atoms with Crippen molar-refractivity contribution in [2.75, 3.05) is 18.6 Å². The Morgan fingerprint density at radius 1 is 1.21 bits per heavy atom. The molecule has 2 heterocycles. The Hall–Kier alpha value is -2.93. The molecule has 7 heteroatoms. The molecule has 28 heavy (non-hydrogen) atoms. The fourth-order valence-corrected chi connectivity index (χ4v) is 3.50. The lowest BCUT2D eigenvalue weighted by Gasteiger charge is -2.23. The number of rotatable bonds is 5. The molecule has 3 aromatic rings. The Bertz CT molecular complexity index is 990. The number of anilines is 1. The molecule has 146 valence electrons. The van der Waals surface area contributed by atoms with Crippen molar-refractivity contribution in [3.8, 4) is 16.3 Å². The fourth-order valence-electron chi connectivity index (χ4n) is 2.44. The van der Waals surface area contributed by atoms with E-state index in [4.69, 9.17) is 9.47 Å². The van der Waals surface area contributed by atoms with Crippen LogP contribution in [-0.4, -0.2) is 35.5 Å². The van der Waals surface area contributed by atoms with Gasteiger partial charge in [0, 0.05) is 11.7 Å². The number of nitrogens with zero attached hydrogens (tertiary/aromatic N) is 3. The summed E-state index contributed by atoms with van der Waals surface area (Å²) in [5, 5.41) is 9.58. The van der Waals surface area contributed by atoms with Gasteiger partial charge in [-0.1, -0.05) is 12.7 Å². The van der Waals surface area contributed by atoms with Gasteiger partial charge in [0.1, 0.15) is 23.7 Å². The van der Waals surface area contributed by atoms with E-state index in [2.05, 4.69) is 22.8 Å². The van der Waals surface area contributed by atoms with Crippen molar-refractivity contribution in [2.24, 2.45) is 0 Å². The third kappa shape index (κ3) is 4.67. The van der Waals surface area contributed by atoms with Crippen molar-refractivity contribution in [1.82, 2.24) is 10.2 Å². The van der Waals surface area contributed by atoms with Gasteiger partial charge in [-0.25, -0.2) is 4.79 Å². The number of amides is 1. The van der Waals surface area contributed by atoms with Crippen molar-refractivity contribution < 1.29 is 14.3 Å². The maximum absolute atomic E-state index is 12.2. The summed E-state index contributed by atoms with van der Waals surface area (Å²) in [7, 11) is 1.61. The molecule has 0 radical (unpaired) electrons. The minimum Gasteiger partial charge on any atom is -0.490 e. The highest BCUT2D eigenvalue weighted by atomic mass is 32.1. The molecule has 0 aliphatic rings. The Labute approximate surface area is 168 Å². The molecule has 0 atom stereocenters. The lowest BCUT2D eigenvalue weighted by molar-refractivity contribution is 0.0588. The van der Waals surface area contributed by atoms with Gasteiger partial charge in [-0.15, -0.1) is 21.5 Å². The van der Waals surface area contributed by atoms with Crippen molar-refractivity contribution in [2.45, 2.75) is 26.4 Å². The molecule has 0 unspecified atom stereocenters. The van der Waals surface area contributed by atoms with Gasteiger partial charge in [0.15, 0.2) is 5.82 Å². The smallest absolute Gasteiger partial charge is 0.415 e. The lowest BCUT2D eigenvalue weighted by Crippen LogP contribution is -2.34. The minimum atomic E-state index is -0.565. The first kappa shape index (κ1) is 19.8. The van der Waals surface area contributed by atoms with Crippen molar-refractivity contribution >= 4 is 33.3 Å². The summed E-state index contributed by atoms with van der Waals surface area (Å²) in [4.78, 5) is 14.5. The fraction of sp³-hybridized carbons (Fsp3) is 0.286. The number of benzene rings is 1. The van der Waals surface area contributed by atoms with Crippen molar-refractivity contribution in [1.29, 1.82) is 0 Å². The van der Waals surface area contributed by atoms with E-state index in [-0.39, 0.29) is 0 Å². The Kier molecular flexibility index (Phi) is 5.65. The van der Waals surface area contributed by atoms with E-state index in [0.29, 0.717) is 12.4 Å². The highest BCUT2D eigenvalue weighted by Crippen LogP contribution is 2.34. The molecular weight excluding hydrogens is 374 g/mol. The van der Waals surface area contributed by atoms with E-state index in [1.54, 1.807) is 30.5 Å². The standard InChI is InChI=1S/C21H23N3O3S/c1-6-11-26-15-8-7-14-12-18(28-17(14)13-15)16-9-10-19(23-22-16)24(5)20(25)27-21(2,3)4/h6-10,12-13H,1,11H2,2-5H3.